The predicted octanol–water partition coefficient (Wildman–Crippen LogP) is 3.49. The zero-order chi connectivity index (χ0) is 18.4. The van der Waals surface area contributed by atoms with E-state index in [1.54, 1.807) is 26.2 Å². The smallest absolute Gasteiger partial charge is 0.239 e. The third-order valence-corrected chi connectivity index (χ3v) is 4.17. The Kier molecular flexibility index (Phi) is 5.91. The Labute approximate surface area is 148 Å². The fraction of sp³-hybridized carbons (Fsp3) is 0.350. The summed E-state index contributed by atoms with van der Waals surface area (Å²) in [6, 6.07) is 11.3. The van der Waals surface area contributed by atoms with Crippen molar-refractivity contribution in [2.45, 2.75) is 40.2 Å². The van der Waals surface area contributed by atoms with Gasteiger partial charge < -0.3 is 10.6 Å². The van der Waals surface area contributed by atoms with E-state index in [-0.39, 0.29) is 11.8 Å². The molecule has 1 aromatic heterocycles. The van der Waals surface area contributed by atoms with Gasteiger partial charge in [0.25, 0.3) is 0 Å². The molecule has 0 aliphatic carbocycles. The zero-order valence-corrected chi connectivity index (χ0v) is 15.2. The quantitative estimate of drug-likeness (QED) is 0.792. The minimum Gasteiger partial charge on any atom is -0.351 e. The van der Waals surface area contributed by atoms with Gasteiger partial charge in [0.15, 0.2) is 0 Å². The first-order chi connectivity index (χ1) is 11.8. The second-order valence-electron chi connectivity index (χ2n) is 6.89. The van der Waals surface area contributed by atoms with Gasteiger partial charge in [0.2, 0.25) is 11.8 Å². The van der Waals surface area contributed by atoms with Crippen molar-refractivity contribution in [1.82, 2.24) is 10.3 Å². The minimum absolute atomic E-state index is 0.319. The van der Waals surface area contributed by atoms with Gasteiger partial charge in [-0.2, -0.15) is 0 Å². The van der Waals surface area contributed by atoms with Gasteiger partial charge in [0, 0.05) is 24.6 Å². The van der Waals surface area contributed by atoms with Gasteiger partial charge in [0.05, 0.1) is 0 Å². The second kappa shape index (κ2) is 7.92. The predicted molar refractivity (Wildman–Crippen MR) is 99.0 cm³/mol. The number of carbonyl (C=O) groups is 2. The molecule has 0 radical (unpaired) electrons. The maximum absolute atomic E-state index is 12.5. The lowest BCUT2D eigenvalue weighted by atomic mass is 9.90. The van der Waals surface area contributed by atoms with Crippen LogP contribution in [0.25, 0.3) is 0 Å². The number of rotatable bonds is 6. The molecule has 0 atom stereocenters. The standard InChI is InChI=1S/C20H25N3O2/c1-14(2)16-5-7-17(8-6-16)23-19(25)20(3,4)18(24)22-13-15-9-11-21-12-10-15/h5-12,14H,13H2,1-4H3,(H,22,24)(H,23,25). The molecule has 2 rings (SSSR count). The lowest BCUT2D eigenvalue weighted by molar-refractivity contribution is -0.138. The Morgan fingerprint density at radius 2 is 1.60 bits per heavy atom. The van der Waals surface area contributed by atoms with Crippen LogP contribution in [0, 0.1) is 5.41 Å². The van der Waals surface area contributed by atoms with E-state index in [1.807, 2.05) is 36.4 Å². The Balaban J connectivity index is 1.97. The highest BCUT2D eigenvalue weighted by Gasteiger charge is 2.35. The van der Waals surface area contributed by atoms with Gasteiger partial charge in [-0.25, -0.2) is 0 Å². The van der Waals surface area contributed by atoms with Crippen LogP contribution in [-0.4, -0.2) is 16.8 Å². The molecule has 0 aliphatic heterocycles. The molecule has 0 spiro atoms. The maximum Gasteiger partial charge on any atom is 0.239 e. The number of hydrogen-bond acceptors (Lipinski definition) is 3. The number of hydrogen-bond donors (Lipinski definition) is 2. The molecule has 25 heavy (non-hydrogen) atoms. The van der Waals surface area contributed by atoms with Crippen LogP contribution < -0.4 is 10.6 Å². The summed E-state index contributed by atoms with van der Waals surface area (Å²) >= 11 is 0. The van der Waals surface area contributed by atoms with E-state index in [4.69, 9.17) is 0 Å². The summed E-state index contributed by atoms with van der Waals surface area (Å²) < 4.78 is 0. The number of aromatic nitrogens is 1. The summed E-state index contributed by atoms with van der Waals surface area (Å²) in [5.74, 6) is -0.224. The molecule has 5 heteroatoms. The van der Waals surface area contributed by atoms with Crippen molar-refractivity contribution in [3.63, 3.8) is 0 Å². The first kappa shape index (κ1) is 18.6. The molecule has 2 amide bonds. The topological polar surface area (TPSA) is 71.1 Å². The van der Waals surface area contributed by atoms with Crippen LogP contribution in [0.1, 0.15) is 44.7 Å². The minimum atomic E-state index is -1.18. The van der Waals surface area contributed by atoms with Crippen LogP contribution in [0.4, 0.5) is 5.69 Å². The molecular formula is C20H25N3O2. The summed E-state index contributed by atoms with van der Waals surface area (Å²) in [5.41, 5.74) is 1.64. The van der Waals surface area contributed by atoms with E-state index in [1.165, 1.54) is 5.56 Å². The summed E-state index contributed by atoms with van der Waals surface area (Å²) in [4.78, 5) is 28.9. The summed E-state index contributed by atoms with van der Waals surface area (Å²) in [6.07, 6.45) is 3.33. The highest BCUT2D eigenvalue weighted by atomic mass is 16.2. The Morgan fingerprint density at radius 3 is 2.16 bits per heavy atom. The average molecular weight is 339 g/mol. The molecule has 0 bridgehead atoms. The first-order valence-electron chi connectivity index (χ1n) is 8.39. The monoisotopic (exact) mass is 339 g/mol. The lowest BCUT2D eigenvalue weighted by Gasteiger charge is -2.23. The molecular weight excluding hydrogens is 314 g/mol. The van der Waals surface area contributed by atoms with Crippen LogP contribution in [0.15, 0.2) is 48.8 Å². The molecule has 5 nitrogen and oxygen atoms in total. The number of benzene rings is 1. The fourth-order valence-corrected chi connectivity index (χ4v) is 2.25. The van der Waals surface area contributed by atoms with E-state index in [0.29, 0.717) is 18.2 Å². The second-order valence-corrected chi connectivity index (χ2v) is 6.89. The third-order valence-electron chi connectivity index (χ3n) is 4.17. The van der Waals surface area contributed by atoms with Crippen molar-refractivity contribution in [3.8, 4) is 0 Å². The number of pyridine rings is 1. The number of amides is 2. The third kappa shape index (κ3) is 4.89. The van der Waals surface area contributed by atoms with E-state index < -0.39 is 5.41 Å². The number of anilines is 1. The van der Waals surface area contributed by atoms with Gasteiger partial charge in [-0.3, -0.25) is 14.6 Å². The Bertz CT molecular complexity index is 722. The van der Waals surface area contributed by atoms with Gasteiger partial charge in [-0.1, -0.05) is 26.0 Å². The zero-order valence-electron chi connectivity index (χ0n) is 15.2. The summed E-state index contributed by atoms with van der Waals surface area (Å²) in [7, 11) is 0. The van der Waals surface area contributed by atoms with Crippen LogP contribution in [0.3, 0.4) is 0 Å². The van der Waals surface area contributed by atoms with E-state index in [0.717, 1.165) is 5.56 Å². The molecule has 0 unspecified atom stereocenters. The van der Waals surface area contributed by atoms with Gasteiger partial charge >= 0.3 is 0 Å². The fourth-order valence-electron chi connectivity index (χ4n) is 2.25. The van der Waals surface area contributed by atoms with E-state index in [2.05, 4.69) is 29.5 Å². The Hall–Kier alpha value is -2.69. The molecule has 0 fully saturated rings. The number of nitrogens with one attached hydrogen (secondary N) is 2. The highest BCUT2D eigenvalue weighted by molar-refractivity contribution is 6.09. The molecule has 2 N–H and O–H groups in total. The van der Waals surface area contributed by atoms with E-state index in [9.17, 15) is 9.59 Å². The van der Waals surface area contributed by atoms with Gasteiger partial charge in [0.1, 0.15) is 5.41 Å². The van der Waals surface area contributed by atoms with Crippen molar-refractivity contribution < 1.29 is 9.59 Å². The average Bonchev–Trinajstić information content (AvgIpc) is 2.60. The maximum atomic E-state index is 12.5. The molecule has 1 heterocycles. The first-order valence-corrected chi connectivity index (χ1v) is 8.39. The normalized spacial score (nSPS) is 11.2. The SMILES string of the molecule is CC(C)c1ccc(NC(=O)C(C)(C)C(=O)NCc2ccncc2)cc1. The number of nitrogens with zero attached hydrogens (tertiary/aromatic N) is 1. The van der Waals surface area contributed by atoms with E-state index >= 15 is 0 Å². The molecule has 132 valence electrons. The van der Waals surface area contributed by atoms with Crippen molar-refractivity contribution in [3.05, 3.63) is 59.9 Å². The van der Waals surface area contributed by atoms with Crippen molar-refractivity contribution in [1.29, 1.82) is 0 Å². The van der Waals surface area contributed by atoms with Gasteiger partial charge in [-0.05, 0) is 55.2 Å². The summed E-state index contributed by atoms with van der Waals surface area (Å²) in [6.45, 7) is 7.83. The van der Waals surface area contributed by atoms with Crippen molar-refractivity contribution in [2.24, 2.45) is 5.41 Å². The Morgan fingerprint density at radius 1 is 1.00 bits per heavy atom. The molecule has 0 saturated heterocycles. The molecule has 1 aromatic carbocycles. The van der Waals surface area contributed by atoms with Crippen LogP contribution in [0.2, 0.25) is 0 Å². The van der Waals surface area contributed by atoms with Gasteiger partial charge in [-0.15, -0.1) is 0 Å². The van der Waals surface area contributed by atoms with Crippen molar-refractivity contribution >= 4 is 17.5 Å². The number of carbonyl (C=O) groups excluding carboxylic acids is 2. The van der Waals surface area contributed by atoms with Crippen LogP contribution in [0.5, 0.6) is 0 Å². The highest BCUT2D eigenvalue weighted by Crippen LogP contribution is 2.21. The molecule has 0 aliphatic rings. The molecule has 0 saturated carbocycles. The lowest BCUT2D eigenvalue weighted by Crippen LogP contribution is -2.44. The van der Waals surface area contributed by atoms with Crippen molar-refractivity contribution in [2.75, 3.05) is 5.32 Å². The van der Waals surface area contributed by atoms with Crippen LogP contribution in [-0.2, 0) is 16.1 Å². The largest absolute Gasteiger partial charge is 0.351 e. The summed E-state index contributed by atoms with van der Waals surface area (Å²) in [5, 5.41) is 5.62. The molecule has 2 aromatic rings. The van der Waals surface area contributed by atoms with Crippen LogP contribution >= 0.6 is 0 Å².